The van der Waals surface area contributed by atoms with Crippen molar-refractivity contribution in [3.63, 3.8) is 0 Å². The van der Waals surface area contributed by atoms with Gasteiger partial charge in [-0.05, 0) is 6.42 Å². The zero-order valence-electron chi connectivity index (χ0n) is 10.4. The zero-order valence-corrected chi connectivity index (χ0v) is 10.4. The first-order valence-corrected chi connectivity index (χ1v) is 6.15. The molecule has 7 heteroatoms. The third-order valence-electron chi connectivity index (χ3n) is 2.61. The van der Waals surface area contributed by atoms with E-state index < -0.39 is 0 Å². The van der Waals surface area contributed by atoms with Crippen molar-refractivity contribution in [3.8, 4) is 0 Å². The molecule has 2 aromatic rings. The molecule has 0 saturated carbocycles. The number of H-pyrrole nitrogens is 3. The largest absolute Gasteiger partial charge is 0.345 e. The lowest BCUT2D eigenvalue weighted by atomic mass is 10.2. The van der Waals surface area contributed by atoms with E-state index >= 15 is 0 Å². The topological polar surface area (TPSA) is 102 Å². The molecule has 0 spiro atoms. The minimum atomic E-state index is -0.282. The Labute approximate surface area is 104 Å². The summed E-state index contributed by atoms with van der Waals surface area (Å²) >= 11 is 0. The minimum Gasteiger partial charge on any atom is -0.345 e. The van der Waals surface area contributed by atoms with Crippen LogP contribution in [-0.4, -0.2) is 25.1 Å². The van der Waals surface area contributed by atoms with Crippen LogP contribution in [-0.2, 0) is 19.5 Å². The standard InChI is InChI=1S/C11H18N6O/c1-2-3-4-9-13-6-8(14-9)5-12-7-10-15-11(18)17-16-10/h6,12H,2-5,7H2,1H3,(H,13,14)(H2,15,16,17,18). The first kappa shape index (κ1) is 12.6. The maximum atomic E-state index is 10.8. The SMILES string of the molecule is CCCCc1ncc(CNCc2n[nH]c(=O)[nH]2)[nH]1. The van der Waals surface area contributed by atoms with Crippen molar-refractivity contribution in [3.05, 3.63) is 34.0 Å². The number of aromatic amines is 3. The van der Waals surface area contributed by atoms with Gasteiger partial charge in [0.15, 0.2) is 0 Å². The molecule has 0 aliphatic heterocycles. The number of rotatable bonds is 7. The molecule has 2 rings (SSSR count). The smallest absolute Gasteiger partial charge is 0.340 e. The first-order valence-electron chi connectivity index (χ1n) is 6.15. The predicted molar refractivity (Wildman–Crippen MR) is 67.0 cm³/mol. The number of nitrogens with one attached hydrogen (secondary N) is 4. The Morgan fingerprint density at radius 2 is 2.17 bits per heavy atom. The lowest BCUT2D eigenvalue weighted by molar-refractivity contribution is 0.653. The molecule has 0 amide bonds. The van der Waals surface area contributed by atoms with E-state index in [9.17, 15) is 4.79 Å². The van der Waals surface area contributed by atoms with E-state index in [2.05, 4.69) is 37.4 Å². The highest BCUT2D eigenvalue weighted by atomic mass is 16.1. The molecule has 0 aliphatic carbocycles. The van der Waals surface area contributed by atoms with Crippen LogP contribution in [0, 0.1) is 0 Å². The van der Waals surface area contributed by atoms with Crippen molar-refractivity contribution in [2.24, 2.45) is 0 Å². The Bertz CT molecular complexity index is 525. The lowest BCUT2D eigenvalue weighted by Crippen LogP contribution is -2.14. The molecule has 2 heterocycles. The number of unbranched alkanes of at least 4 members (excludes halogenated alkanes) is 1. The van der Waals surface area contributed by atoms with Gasteiger partial charge >= 0.3 is 5.69 Å². The molecule has 0 aromatic carbocycles. The molecule has 98 valence electrons. The molecule has 0 fully saturated rings. The molecule has 0 unspecified atom stereocenters. The quantitative estimate of drug-likeness (QED) is 0.573. The van der Waals surface area contributed by atoms with Gasteiger partial charge < -0.3 is 10.3 Å². The van der Waals surface area contributed by atoms with Gasteiger partial charge in [-0.1, -0.05) is 13.3 Å². The molecule has 0 bridgehead atoms. The number of hydrogen-bond donors (Lipinski definition) is 4. The van der Waals surface area contributed by atoms with Crippen LogP contribution >= 0.6 is 0 Å². The van der Waals surface area contributed by atoms with Gasteiger partial charge in [-0.25, -0.2) is 14.9 Å². The summed E-state index contributed by atoms with van der Waals surface area (Å²) in [5.74, 6) is 1.63. The Morgan fingerprint density at radius 3 is 2.89 bits per heavy atom. The van der Waals surface area contributed by atoms with Crippen LogP contribution in [0.1, 0.15) is 37.1 Å². The Balaban J connectivity index is 1.76. The van der Waals surface area contributed by atoms with Crippen molar-refractivity contribution in [1.29, 1.82) is 0 Å². The van der Waals surface area contributed by atoms with Crippen LogP contribution in [0.4, 0.5) is 0 Å². The number of aryl methyl sites for hydroxylation is 1. The van der Waals surface area contributed by atoms with Crippen molar-refractivity contribution >= 4 is 0 Å². The van der Waals surface area contributed by atoms with E-state index in [1.807, 2.05) is 6.20 Å². The van der Waals surface area contributed by atoms with Crippen molar-refractivity contribution in [2.45, 2.75) is 39.3 Å². The van der Waals surface area contributed by atoms with Crippen LogP contribution < -0.4 is 11.0 Å². The summed E-state index contributed by atoms with van der Waals surface area (Å²) < 4.78 is 0. The fraction of sp³-hybridized carbons (Fsp3) is 0.545. The molecule has 7 nitrogen and oxygen atoms in total. The molecule has 0 atom stereocenters. The van der Waals surface area contributed by atoms with Crippen LogP contribution in [0.3, 0.4) is 0 Å². The second-order valence-electron chi connectivity index (χ2n) is 4.19. The summed E-state index contributed by atoms with van der Waals surface area (Å²) in [5.41, 5.74) is 0.758. The van der Waals surface area contributed by atoms with E-state index in [4.69, 9.17) is 0 Å². The highest BCUT2D eigenvalue weighted by molar-refractivity contribution is 5.01. The third kappa shape index (κ3) is 3.56. The fourth-order valence-corrected chi connectivity index (χ4v) is 1.67. The summed E-state index contributed by atoms with van der Waals surface area (Å²) in [7, 11) is 0. The number of hydrogen-bond acceptors (Lipinski definition) is 4. The molecular formula is C11H18N6O. The van der Waals surface area contributed by atoms with Gasteiger partial charge in [-0.15, -0.1) is 0 Å². The third-order valence-corrected chi connectivity index (χ3v) is 2.61. The Kier molecular flexibility index (Phi) is 4.30. The van der Waals surface area contributed by atoms with Gasteiger partial charge in [0.05, 0.1) is 6.54 Å². The van der Waals surface area contributed by atoms with E-state index in [1.165, 1.54) is 6.42 Å². The second kappa shape index (κ2) is 6.15. The van der Waals surface area contributed by atoms with Crippen LogP contribution in [0.15, 0.2) is 11.0 Å². The van der Waals surface area contributed by atoms with Gasteiger partial charge in [0.25, 0.3) is 0 Å². The monoisotopic (exact) mass is 250 g/mol. The molecule has 0 aliphatic rings. The molecule has 2 aromatic heterocycles. The van der Waals surface area contributed by atoms with Crippen LogP contribution in [0.25, 0.3) is 0 Å². The average Bonchev–Trinajstić information content (AvgIpc) is 2.96. The van der Waals surface area contributed by atoms with Crippen LogP contribution in [0.2, 0.25) is 0 Å². The highest BCUT2D eigenvalue weighted by Crippen LogP contribution is 2.01. The summed E-state index contributed by atoms with van der Waals surface area (Å²) in [6.45, 7) is 3.35. The number of imidazole rings is 1. The molecule has 0 radical (unpaired) electrons. The van der Waals surface area contributed by atoms with Crippen molar-refractivity contribution in [1.82, 2.24) is 30.5 Å². The molecule has 4 N–H and O–H groups in total. The van der Waals surface area contributed by atoms with Gasteiger partial charge in [0, 0.05) is 24.9 Å². The van der Waals surface area contributed by atoms with Crippen molar-refractivity contribution < 1.29 is 0 Å². The van der Waals surface area contributed by atoms with E-state index in [-0.39, 0.29) is 5.69 Å². The maximum absolute atomic E-state index is 10.8. The van der Waals surface area contributed by atoms with E-state index in [0.717, 1.165) is 24.4 Å². The van der Waals surface area contributed by atoms with Gasteiger partial charge in [-0.2, -0.15) is 5.10 Å². The van der Waals surface area contributed by atoms with Crippen LogP contribution in [0.5, 0.6) is 0 Å². The van der Waals surface area contributed by atoms with E-state index in [0.29, 0.717) is 18.9 Å². The zero-order chi connectivity index (χ0) is 12.8. The fourth-order valence-electron chi connectivity index (χ4n) is 1.67. The molecular weight excluding hydrogens is 232 g/mol. The number of nitrogens with zero attached hydrogens (tertiary/aromatic N) is 2. The normalized spacial score (nSPS) is 10.9. The summed E-state index contributed by atoms with van der Waals surface area (Å²) in [6, 6.07) is 0. The summed E-state index contributed by atoms with van der Waals surface area (Å²) in [6.07, 6.45) is 5.14. The van der Waals surface area contributed by atoms with Crippen molar-refractivity contribution in [2.75, 3.05) is 0 Å². The second-order valence-corrected chi connectivity index (χ2v) is 4.19. The highest BCUT2D eigenvalue weighted by Gasteiger charge is 2.01. The predicted octanol–water partition coefficient (Wildman–Crippen LogP) is 0.454. The number of aromatic nitrogens is 5. The first-order chi connectivity index (χ1) is 8.78. The molecule has 0 saturated heterocycles. The maximum Gasteiger partial charge on any atom is 0.340 e. The summed E-state index contributed by atoms with van der Waals surface area (Å²) in [4.78, 5) is 21.0. The van der Waals surface area contributed by atoms with Gasteiger partial charge in [0.1, 0.15) is 11.6 Å². The van der Waals surface area contributed by atoms with Gasteiger partial charge in [0.2, 0.25) is 0 Å². The van der Waals surface area contributed by atoms with Gasteiger partial charge in [-0.3, -0.25) is 4.98 Å². The van der Waals surface area contributed by atoms with E-state index in [1.54, 1.807) is 0 Å². The minimum absolute atomic E-state index is 0.282. The summed E-state index contributed by atoms with van der Waals surface area (Å²) in [5, 5.41) is 9.31. The average molecular weight is 250 g/mol. The Morgan fingerprint density at radius 1 is 1.28 bits per heavy atom. The molecule has 18 heavy (non-hydrogen) atoms. The lowest BCUT2D eigenvalue weighted by Gasteiger charge is -1.99. The Hall–Kier alpha value is -1.89.